The summed E-state index contributed by atoms with van der Waals surface area (Å²) in [6.07, 6.45) is -0.119. The zero-order valence-corrected chi connectivity index (χ0v) is 22.7. The summed E-state index contributed by atoms with van der Waals surface area (Å²) >= 11 is 6.30. The van der Waals surface area contributed by atoms with Crippen molar-refractivity contribution >= 4 is 23.5 Å². The van der Waals surface area contributed by atoms with Crippen molar-refractivity contribution in [2.24, 2.45) is 0 Å². The Balaban J connectivity index is 0.00000195. The van der Waals surface area contributed by atoms with E-state index in [-0.39, 0.29) is 18.9 Å². The van der Waals surface area contributed by atoms with E-state index in [2.05, 4.69) is 5.32 Å². The third kappa shape index (κ3) is 7.46. The van der Waals surface area contributed by atoms with E-state index in [1.54, 1.807) is 19.2 Å². The minimum Gasteiger partial charge on any atom is -0.497 e. The number of aryl methyl sites for hydroxylation is 1. The lowest BCUT2D eigenvalue weighted by atomic mass is 10.1. The molecule has 1 aromatic heterocycles. The van der Waals surface area contributed by atoms with Crippen LogP contribution < -0.4 is 10.1 Å². The van der Waals surface area contributed by atoms with E-state index in [0.717, 1.165) is 39.4 Å². The van der Waals surface area contributed by atoms with E-state index in [1.807, 2.05) is 86.1 Å². The fourth-order valence-corrected chi connectivity index (χ4v) is 4.17. The molecule has 0 saturated carbocycles. The molecule has 7 nitrogen and oxygen atoms in total. The zero-order chi connectivity index (χ0) is 27.7. The van der Waals surface area contributed by atoms with Crippen LogP contribution in [0.4, 0.5) is 0 Å². The fraction of sp³-hybridized carbons (Fsp3) is 0.233. The molecular weight excluding hydrogens is 502 g/mol. The van der Waals surface area contributed by atoms with Crippen LogP contribution in [0.25, 0.3) is 22.5 Å². The van der Waals surface area contributed by atoms with Gasteiger partial charge in [0.25, 0.3) is 5.91 Å². The minimum atomic E-state index is -0.954. The Labute approximate surface area is 228 Å². The second-order valence-electron chi connectivity index (χ2n) is 8.41. The predicted molar refractivity (Wildman–Crippen MR) is 151 cm³/mol. The van der Waals surface area contributed by atoms with Crippen LogP contribution in [-0.4, -0.2) is 40.4 Å². The molecule has 0 radical (unpaired) electrons. The number of hydrogen-bond acceptors (Lipinski definition) is 4. The number of rotatable bonds is 9. The van der Waals surface area contributed by atoms with Crippen molar-refractivity contribution in [3.8, 4) is 28.3 Å². The molecule has 38 heavy (non-hydrogen) atoms. The quantitative estimate of drug-likeness (QED) is 0.257. The van der Waals surface area contributed by atoms with E-state index in [0.29, 0.717) is 17.1 Å². The van der Waals surface area contributed by atoms with Gasteiger partial charge in [0.2, 0.25) is 0 Å². The van der Waals surface area contributed by atoms with Crippen LogP contribution in [0.2, 0.25) is 5.02 Å². The maximum atomic E-state index is 12.3. The molecule has 8 heteroatoms. The summed E-state index contributed by atoms with van der Waals surface area (Å²) < 4.78 is 7.23. The molecule has 198 valence electrons. The number of hydrogen-bond donors (Lipinski definition) is 2. The van der Waals surface area contributed by atoms with Gasteiger partial charge >= 0.3 is 5.97 Å². The number of ether oxygens (including phenoxy) is 1. The minimum absolute atomic E-state index is 0.0835. The van der Waals surface area contributed by atoms with Crippen LogP contribution in [-0.2, 0) is 11.3 Å². The van der Waals surface area contributed by atoms with Gasteiger partial charge in [-0.2, -0.15) is 5.10 Å². The van der Waals surface area contributed by atoms with Gasteiger partial charge in [-0.1, -0.05) is 37.6 Å². The first-order valence-corrected chi connectivity index (χ1v) is 12.8. The Morgan fingerprint density at radius 3 is 2.26 bits per heavy atom. The highest BCUT2D eigenvalue weighted by atomic mass is 35.5. The van der Waals surface area contributed by atoms with Gasteiger partial charge < -0.3 is 15.2 Å². The molecule has 0 aliphatic rings. The lowest BCUT2D eigenvalue weighted by molar-refractivity contribution is -0.136. The number of carbonyl (C=O) groups is 2. The van der Waals surface area contributed by atoms with E-state index in [9.17, 15) is 9.59 Å². The molecule has 1 amide bonds. The normalized spacial score (nSPS) is 10.3. The number of carboxylic acid groups (broad SMARTS) is 1. The summed E-state index contributed by atoms with van der Waals surface area (Å²) in [5.74, 6) is -0.489. The van der Waals surface area contributed by atoms with Gasteiger partial charge in [0, 0.05) is 28.3 Å². The van der Waals surface area contributed by atoms with Crippen molar-refractivity contribution in [3.63, 3.8) is 0 Å². The highest BCUT2D eigenvalue weighted by Gasteiger charge is 2.14. The van der Waals surface area contributed by atoms with Crippen molar-refractivity contribution in [2.75, 3.05) is 13.7 Å². The molecule has 3 aromatic carbocycles. The molecule has 0 bridgehead atoms. The number of nitrogens with zero attached hydrogens (tertiary/aromatic N) is 2. The molecule has 0 fully saturated rings. The van der Waals surface area contributed by atoms with Gasteiger partial charge in [0.1, 0.15) is 5.75 Å². The fourth-order valence-electron chi connectivity index (χ4n) is 3.88. The van der Waals surface area contributed by atoms with E-state index < -0.39 is 5.97 Å². The molecule has 0 spiro atoms. The van der Waals surface area contributed by atoms with Crippen molar-refractivity contribution < 1.29 is 19.4 Å². The Morgan fingerprint density at radius 2 is 1.66 bits per heavy atom. The van der Waals surface area contributed by atoms with Gasteiger partial charge in [-0.25, -0.2) is 0 Å². The highest BCUT2D eigenvalue weighted by molar-refractivity contribution is 6.30. The second kappa shape index (κ2) is 13.4. The molecule has 0 saturated heterocycles. The van der Waals surface area contributed by atoms with Crippen LogP contribution in [0.15, 0.2) is 72.8 Å². The van der Waals surface area contributed by atoms with Gasteiger partial charge in [-0.3, -0.25) is 14.3 Å². The SMILES string of the molecule is CC.COc1ccc(-c2cc(-c3cc(C)cc(Cl)c3)nn2Cc2ccc(C(=O)NCCC(=O)O)cc2)cc1. The Bertz CT molecular complexity index is 1360. The molecule has 0 aliphatic heterocycles. The van der Waals surface area contributed by atoms with E-state index >= 15 is 0 Å². The van der Waals surface area contributed by atoms with Crippen LogP contribution in [0.1, 0.15) is 41.8 Å². The summed E-state index contributed by atoms with van der Waals surface area (Å²) in [6.45, 7) is 6.57. The van der Waals surface area contributed by atoms with Crippen molar-refractivity contribution in [1.82, 2.24) is 15.1 Å². The van der Waals surface area contributed by atoms with E-state index in [1.165, 1.54) is 0 Å². The molecule has 4 rings (SSSR count). The first kappa shape index (κ1) is 28.5. The second-order valence-corrected chi connectivity index (χ2v) is 8.85. The van der Waals surface area contributed by atoms with Gasteiger partial charge in [0.05, 0.1) is 31.5 Å². The van der Waals surface area contributed by atoms with Gasteiger partial charge in [-0.15, -0.1) is 0 Å². The summed E-state index contributed by atoms with van der Waals surface area (Å²) in [5.41, 5.74) is 6.14. The average molecular weight is 534 g/mol. The zero-order valence-electron chi connectivity index (χ0n) is 22.0. The largest absolute Gasteiger partial charge is 0.497 e. The first-order chi connectivity index (χ1) is 18.3. The molecule has 2 N–H and O–H groups in total. The van der Waals surface area contributed by atoms with Crippen LogP contribution in [0.5, 0.6) is 5.75 Å². The number of amides is 1. The van der Waals surface area contributed by atoms with Crippen LogP contribution in [0.3, 0.4) is 0 Å². The summed E-state index contributed by atoms with van der Waals surface area (Å²) in [7, 11) is 1.63. The molecule has 0 unspecified atom stereocenters. The topological polar surface area (TPSA) is 93.5 Å². The molecular formula is C30H32ClN3O4. The highest BCUT2D eigenvalue weighted by Crippen LogP contribution is 2.30. The number of aromatic nitrogens is 2. The number of carboxylic acids is 1. The maximum Gasteiger partial charge on any atom is 0.305 e. The average Bonchev–Trinajstić information content (AvgIpc) is 3.33. The Kier molecular flexibility index (Phi) is 10.1. The third-order valence-corrected chi connectivity index (χ3v) is 5.89. The van der Waals surface area contributed by atoms with E-state index in [4.69, 9.17) is 26.5 Å². The van der Waals surface area contributed by atoms with Crippen LogP contribution in [0, 0.1) is 6.92 Å². The lowest BCUT2D eigenvalue weighted by Crippen LogP contribution is -2.25. The van der Waals surface area contributed by atoms with Crippen molar-refractivity contribution in [1.29, 1.82) is 0 Å². The van der Waals surface area contributed by atoms with Gasteiger partial charge in [-0.05, 0) is 78.7 Å². The summed E-state index contributed by atoms with van der Waals surface area (Å²) in [6, 6.07) is 22.9. The standard InChI is InChI=1S/C28H26ClN3O4.C2H6/c1-18-13-22(15-23(29)14-18)25-16-26(20-7-9-24(36-2)10-8-20)32(31-25)17-19-3-5-21(6-4-19)28(35)30-12-11-27(33)34;1-2/h3-10,13-16H,11-12,17H2,1-2H3,(H,30,35)(H,33,34);1-2H3. The number of carbonyl (C=O) groups excluding carboxylic acids is 1. The molecule has 0 aliphatic carbocycles. The smallest absolute Gasteiger partial charge is 0.305 e. The number of methoxy groups -OCH3 is 1. The van der Waals surface area contributed by atoms with Gasteiger partial charge in [0.15, 0.2) is 0 Å². The first-order valence-electron chi connectivity index (χ1n) is 12.4. The van der Waals surface area contributed by atoms with Crippen molar-refractivity contribution in [2.45, 2.75) is 33.7 Å². The molecule has 0 atom stereocenters. The molecule has 4 aromatic rings. The van der Waals surface area contributed by atoms with Crippen LogP contribution >= 0.6 is 11.6 Å². The number of halogens is 1. The molecule has 1 heterocycles. The third-order valence-electron chi connectivity index (χ3n) is 5.68. The number of benzene rings is 3. The Hall–Kier alpha value is -4.10. The maximum absolute atomic E-state index is 12.3. The predicted octanol–water partition coefficient (Wildman–Crippen LogP) is 6.47. The summed E-state index contributed by atoms with van der Waals surface area (Å²) in [4.78, 5) is 22.9. The number of nitrogens with one attached hydrogen (secondary N) is 1. The lowest BCUT2D eigenvalue weighted by Gasteiger charge is -2.10. The van der Waals surface area contributed by atoms with Crippen molar-refractivity contribution in [3.05, 3.63) is 94.5 Å². The monoisotopic (exact) mass is 533 g/mol. The summed E-state index contributed by atoms with van der Waals surface area (Å²) in [5, 5.41) is 16.9. The Morgan fingerprint density at radius 1 is 0.974 bits per heavy atom. The number of aliphatic carboxylic acids is 1.